The van der Waals surface area contributed by atoms with Crippen LogP contribution in [0.3, 0.4) is 0 Å². The van der Waals surface area contributed by atoms with Crippen LogP contribution < -0.4 is 0 Å². The van der Waals surface area contributed by atoms with Crippen LogP contribution in [0.1, 0.15) is 5.69 Å². The molecule has 82 valence electrons. The van der Waals surface area contributed by atoms with Crippen molar-refractivity contribution in [1.82, 2.24) is 9.88 Å². The van der Waals surface area contributed by atoms with E-state index in [4.69, 9.17) is 23.8 Å². The van der Waals surface area contributed by atoms with E-state index in [0.29, 0.717) is 0 Å². The molecule has 0 bridgehead atoms. The average molecular weight is 251 g/mol. The predicted molar refractivity (Wildman–Crippen MR) is 72.1 cm³/mol. The highest BCUT2D eigenvalue weighted by atomic mass is 35.5. The minimum atomic E-state index is 0.720. The lowest BCUT2D eigenvalue weighted by Gasteiger charge is -2.13. The van der Waals surface area contributed by atoms with E-state index in [-0.39, 0.29) is 0 Å². The largest absolute Gasteiger partial charge is 0.367 e. The molecule has 0 saturated heterocycles. The lowest BCUT2D eigenvalue weighted by molar-refractivity contribution is 0.635. The van der Waals surface area contributed by atoms with Crippen molar-refractivity contribution >= 4 is 39.7 Å². The van der Waals surface area contributed by atoms with E-state index < -0.39 is 0 Å². The number of thiocarbonyl (C=S) groups is 1. The van der Waals surface area contributed by atoms with Gasteiger partial charge in [0.25, 0.3) is 0 Å². The average Bonchev–Trinajstić information content (AvgIpc) is 2.27. The van der Waals surface area contributed by atoms with Crippen LogP contribution in [0.15, 0.2) is 30.3 Å². The molecule has 0 aliphatic heterocycles. The first kappa shape index (κ1) is 11.3. The van der Waals surface area contributed by atoms with Crippen molar-refractivity contribution < 1.29 is 0 Å². The van der Waals surface area contributed by atoms with Gasteiger partial charge in [0, 0.05) is 24.5 Å². The van der Waals surface area contributed by atoms with Crippen molar-refractivity contribution in [3.05, 3.63) is 41.0 Å². The number of rotatable bonds is 1. The summed E-state index contributed by atoms with van der Waals surface area (Å²) in [6.45, 7) is 0. The second kappa shape index (κ2) is 4.36. The monoisotopic (exact) mass is 250 g/mol. The third-order valence-electron chi connectivity index (χ3n) is 2.28. The molecule has 2 rings (SSSR count). The number of nitrogens with zero attached hydrogens (tertiary/aromatic N) is 2. The number of benzene rings is 1. The maximum Gasteiger partial charge on any atom is 0.127 e. The first-order chi connectivity index (χ1) is 7.58. The molecule has 0 fully saturated rings. The number of fused-ring (bicyclic) bond motifs is 1. The Kier molecular flexibility index (Phi) is 3.08. The zero-order valence-electron chi connectivity index (χ0n) is 9.07. The van der Waals surface area contributed by atoms with Gasteiger partial charge in [0.1, 0.15) is 4.99 Å². The fraction of sp³-hybridized carbons (Fsp3) is 0.167. The summed E-state index contributed by atoms with van der Waals surface area (Å²) in [6.07, 6.45) is 0. The van der Waals surface area contributed by atoms with Crippen LogP contribution in [-0.2, 0) is 0 Å². The highest BCUT2D eigenvalue weighted by Gasteiger charge is 2.05. The molecule has 0 aliphatic rings. The summed E-state index contributed by atoms with van der Waals surface area (Å²) in [5.41, 5.74) is 1.72. The van der Waals surface area contributed by atoms with E-state index in [9.17, 15) is 0 Å². The van der Waals surface area contributed by atoms with E-state index in [1.54, 1.807) is 0 Å². The number of hydrogen-bond donors (Lipinski definition) is 0. The van der Waals surface area contributed by atoms with E-state index in [1.807, 2.05) is 49.3 Å². The van der Waals surface area contributed by atoms with Crippen LogP contribution in [-0.4, -0.2) is 29.0 Å². The van der Waals surface area contributed by atoms with Gasteiger partial charge in [0.05, 0.1) is 11.2 Å². The maximum absolute atomic E-state index is 5.91. The van der Waals surface area contributed by atoms with Crippen LogP contribution in [0.25, 0.3) is 10.9 Å². The Labute approximate surface area is 105 Å². The SMILES string of the molecule is CN(C)C(=S)c1ccc2cc(Cl)ccc2n1. The molecule has 0 atom stereocenters. The first-order valence-electron chi connectivity index (χ1n) is 4.86. The Morgan fingerprint density at radius 2 is 2.00 bits per heavy atom. The molecule has 0 spiro atoms. The summed E-state index contributed by atoms with van der Waals surface area (Å²) < 4.78 is 0. The molecule has 0 saturated carbocycles. The van der Waals surface area contributed by atoms with Crippen molar-refractivity contribution in [2.75, 3.05) is 14.1 Å². The zero-order valence-corrected chi connectivity index (χ0v) is 10.6. The van der Waals surface area contributed by atoms with E-state index in [0.717, 1.165) is 26.6 Å². The summed E-state index contributed by atoms with van der Waals surface area (Å²) in [4.78, 5) is 7.10. The minimum Gasteiger partial charge on any atom is -0.367 e. The van der Waals surface area contributed by atoms with Gasteiger partial charge in [0.2, 0.25) is 0 Å². The summed E-state index contributed by atoms with van der Waals surface area (Å²) in [7, 11) is 3.83. The molecule has 2 aromatic rings. The van der Waals surface area contributed by atoms with E-state index >= 15 is 0 Å². The standard InChI is InChI=1S/C12H11ClN2S/c1-15(2)12(16)11-5-3-8-7-9(13)4-6-10(8)14-11/h3-7H,1-2H3. The van der Waals surface area contributed by atoms with E-state index in [1.165, 1.54) is 0 Å². The van der Waals surface area contributed by atoms with Crippen LogP contribution in [0.2, 0.25) is 5.02 Å². The van der Waals surface area contributed by atoms with Gasteiger partial charge in [0.15, 0.2) is 0 Å². The van der Waals surface area contributed by atoms with Gasteiger partial charge in [-0.25, -0.2) is 4.98 Å². The molecule has 0 unspecified atom stereocenters. The molecular weight excluding hydrogens is 240 g/mol. The third-order valence-corrected chi connectivity index (χ3v) is 3.09. The molecule has 2 nitrogen and oxygen atoms in total. The number of hydrogen-bond acceptors (Lipinski definition) is 2. The summed E-state index contributed by atoms with van der Waals surface area (Å²) in [5, 5.41) is 1.75. The van der Waals surface area contributed by atoms with Crippen molar-refractivity contribution in [2.24, 2.45) is 0 Å². The maximum atomic E-state index is 5.91. The van der Waals surface area contributed by atoms with Gasteiger partial charge >= 0.3 is 0 Å². The second-order valence-corrected chi connectivity index (χ2v) is 4.56. The van der Waals surface area contributed by atoms with Crippen molar-refractivity contribution in [3.63, 3.8) is 0 Å². The number of aromatic nitrogens is 1. The lowest BCUT2D eigenvalue weighted by Crippen LogP contribution is -2.21. The van der Waals surface area contributed by atoms with Gasteiger partial charge in [-0.1, -0.05) is 29.9 Å². The third kappa shape index (κ3) is 2.15. The normalized spacial score (nSPS) is 10.4. The number of pyridine rings is 1. The smallest absolute Gasteiger partial charge is 0.127 e. The number of halogens is 1. The molecule has 1 aromatic heterocycles. The predicted octanol–water partition coefficient (Wildman–Crippen LogP) is 3.13. The Bertz CT molecular complexity index is 552. The second-order valence-electron chi connectivity index (χ2n) is 3.73. The van der Waals surface area contributed by atoms with Crippen LogP contribution >= 0.6 is 23.8 Å². The summed E-state index contributed by atoms with van der Waals surface area (Å²) >= 11 is 11.2. The Hall–Kier alpha value is -1.19. The van der Waals surface area contributed by atoms with Crippen molar-refractivity contribution in [1.29, 1.82) is 0 Å². The Morgan fingerprint density at radius 3 is 2.69 bits per heavy atom. The fourth-order valence-corrected chi connectivity index (χ4v) is 1.74. The van der Waals surface area contributed by atoms with Gasteiger partial charge < -0.3 is 4.90 Å². The molecule has 0 amide bonds. The van der Waals surface area contributed by atoms with Gasteiger partial charge in [-0.2, -0.15) is 0 Å². The summed E-state index contributed by atoms with van der Waals surface area (Å²) in [5.74, 6) is 0. The highest BCUT2D eigenvalue weighted by Crippen LogP contribution is 2.18. The summed E-state index contributed by atoms with van der Waals surface area (Å²) in [6, 6.07) is 9.53. The van der Waals surface area contributed by atoms with Gasteiger partial charge in [-0.3, -0.25) is 0 Å². The van der Waals surface area contributed by atoms with Crippen molar-refractivity contribution in [2.45, 2.75) is 0 Å². The highest BCUT2D eigenvalue weighted by molar-refractivity contribution is 7.80. The molecule has 1 heterocycles. The molecule has 0 N–H and O–H groups in total. The quantitative estimate of drug-likeness (QED) is 0.724. The molecular formula is C12H11ClN2S. The van der Waals surface area contributed by atoms with Crippen LogP contribution in [0.4, 0.5) is 0 Å². The topological polar surface area (TPSA) is 16.1 Å². The fourth-order valence-electron chi connectivity index (χ4n) is 1.44. The minimum absolute atomic E-state index is 0.720. The molecule has 1 aromatic carbocycles. The van der Waals surface area contributed by atoms with Gasteiger partial charge in [-0.05, 0) is 24.3 Å². The Morgan fingerprint density at radius 1 is 1.25 bits per heavy atom. The molecule has 0 aliphatic carbocycles. The van der Waals surface area contributed by atoms with Crippen LogP contribution in [0.5, 0.6) is 0 Å². The Balaban J connectivity index is 2.52. The lowest BCUT2D eigenvalue weighted by atomic mass is 10.2. The molecule has 16 heavy (non-hydrogen) atoms. The van der Waals surface area contributed by atoms with Crippen molar-refractivity contribution in [3.8, 4) is 0 Å². The first-order valence-corrected chi connectivity index (χ1v) is 5.64. The van der Waals surface area contributed by atoms with Crippen LogP contribution in [0, 0.1) is 0 Å². The van der Waals surface area contributed by atoms with E-state index in [2.05, 4.69) is 4.98 Å². The van der Waals surface area contributed by atoms with Gasteiger partial charge in [-0.15, -0.1) is 0 Å². The zero-order chi connectivity index (χ0) is 11.7. The molecule has 4 heteroatoms. The molecule has 0 radical (unpaired) electrons.